The molecule has 10 heteroatoms. The summed E-state index contributed by atoms with van der Waals surface area (Å²) in [5.74, 6) is 1.05. The lowest BCUT2D eigenvalue weighted by atomic mass is 9.78. The Morgan fingerprint density at radius 3 is 2.16 bits per heavy atom. The Bertz CT molecular complexity index is 1020. The molecule has 2 rings (SSSR count). The summed E-state index contributed by atoms with van der Waals surface area (Å²) in [7, 11) is -3.42. The molecule has 0 spiro atoms. The summed E-state index contributed by atoms with van der Waals surface area (Å²) in [5, 5.41) is 0.854. The van der Waals surface area contributed by atoms with Gasteiger partial charge in [-0.2, -0.15) is 0 Å². The van der Waals surface area contributed by atoms with E-state index in [-0.39, 0.29) is 18.9 Å². The fourth-order valence-electron chi connectivity index (χ4n) is 2.85. The summed E-state index contributed by atoms with van der Waals surface area (Å²) in [6.07, 6.45) is 1.68. The monoisotopic (exact) mass is 521 g/mol. The van der Waals surface area contributed by atoms with E-state index in [1.165, 1.54) is 0 Å². The quantitative estimate of drug-likeness (QED) is 0.319. The van der Waals surface area contributed by atoms with Crippen LogP contribution in [0.2, 0.25) is 10.0 Å². The topological polar surface area (TPSA) is 81.7 Å². The highest BCUT2D eigenvalue weighted by molar-refractivity contribution is 7.88. The first-order chi connectivity index (χ1) is 14.9. The van der Waals surface area contributed by atoms with Gasteiger partial charge in [0, 0.05) is 11.3 Å². The molecule has 0 aliphatic rings. The van der Waals surface area contributed by atoms with Gasteiger partial charge < -0.3 is 9.47 Å². The minimum atomic E-state index is -3.42. The number of ketones is 1. The molecule has 0 aromatic heterocycles. The van der Waals surface area contributed by atoms with Crippen molar-refractivity contribution in [2.45, 2.75) is 25.7 Å². The van der Waals surface area contributed by atoms with Gasteiger partial charge in [0.2, 0.25) is 10.0 Å². The van der Waals surface area contributed by atoms with Gasteiger partial charge in [-0.25, -0.2) is 13.1 Å². The maximum absolute atomic E-state index is 11.8. The van der Waals surface area contributed by atoms with Crippen LogP contribution >= 0.6 is 34.8 Å². The number of hydrogen-bond acceptors (Lipinski definition) is 5. The van der Waals surface area contributed by atoms with Crippen molar-refractivity contribution < 1.29 is 22.7 Å². The Kier molecular flexibility index (Phi) is 9.67. The van der Waals surface area contributed by atoms with Gasteiger partial charge in [-0.15, -0.1) is 11.6 Å². The number of ether oxygens (including phenoxy) is 2. The molecule has 0 fully saturated rings. The second kappa shape index (κ2) is 11.6. The number of nitrogens with one attached hydrogen (secondary N) is 1. The average molecular weight is 523 g/mol. The molecule has 0 heterocycles. The zero-order chi connectivity index (χ0) is 23.9. The SMILES string of the molecule is CC(C)(c1ccc(OCC(=O)CNS(C)(=O)=O)cc1)c1cc(Cl)c(OCCCCl)c(Cl)c1. The van der Waals surface area contributed by atoms with Crippen molar-refractivity contribution in [1.82, 2.24) is 4.72 Å². The van der Waals surface area contributed by atoms with Crippen molar-refractivity contribution >= 4 is 50.6 Å². The van der Waals surface area contributed by atoms with Crippen molar-refractivity contribution in [3.63, 3.8) is 0 Å². The molecule has 1 N–H and O–H groups in total. The lowest BCUT2D eigenvalue weighted by Crippen LogP contribution is -2.31. The molecule has 0 unspecified atom stereocenters. The molecule has 0 aliphatic carbocycles. The summed E-state index contributed by atoms with van der Waals surface area (Å²) in [4.78, 5) is 11.8. The number of benzene rings is 2. The fourth-order valence-corrected chi connectivity index (χ4v) is 3.98. The number of halogens is 3. The van der Waals surface area contributed by atoms with E-state index in [0.717, 1.165) is 17.4 Å². The fraction of sp³-hybridized carbons (Fsp3) is 0.409. The van der Waals surface area contributed by atoms with Gasteiger partial charge in [-0.05, 0) is 41.8 Å². The Balaban J connectivity index is 2.08. The van der Waals surface area contributed by atoms with E-state index < -0.39 is 15.4 Å². The minimum absolute atomic E-state index is 0.234. The van der Waals surface area contributed by atoms with Crippen molar-refractivity contribution in [2.24, 2.45) is 0 Å². The van der Waals surface area contributed by atoms with Crippen LogP contribution in [-0.2, 0) is 20.2 Å². The first-order valence-electron chi connectivity index (χ1n) is 9.82. The number of carbonyl (C=O) groups excluding carboxylic acids is 1. The van der Waals surface area contributed by atoms with Gasteiger partial charge in [-0.1, -0.05) is 49.2 Å². The van der Waals surface area contributed by atoms with Crippen LogP contribution in [0.4, 0.5) is 0 Å². The first kappa shape index (κ1) is 26.7. The van der Waals surface area contributed by atoms with Crippen LogP contribution in [0.25, 0.3) is 0 Å². The smallest absolute Gasteiger partial charge is 0.209 e. The highest BCUT2D eigenvalue weighted by Crippen LogP contribution is 2.40. The summed E-state index contributed by atoms with van der Waals surface area (Å²) in [5.41, 5.74) is 1.47. The highest BCUT2D eigenvalue weighted by atomic mass is 35.5. The van der Waals surface area contributed by atoms with Gasteiger partial charge in [0.25, 0.3) is 0 Å². The normalized spacial score (nSPS) is 11.9. The van der Waals surface area contributed by atoms with Crippen molar-refractivity contribution in [3.05, 3.63) is 57.6 Å². The summed E-state index contributed by atoms with van der Waals surface area (Å²) < 4.78 is 35.3. The molecule has 176 valence electrons. The predicted octanol–water partition coefficient (Wildman–Crippen LogP) is 4.82. The minimum Gasteiger partial charge on any atom is -0.490 e. The van der Waals surface area contributed by atoms with E-state index in [4.69, 9.17) is 44.3 Å². The van der Waals surface area contributed by atoms with E-state index in [9.17, 15) is 13.2 Å². The van der Waals surface area contributed by atoms with Gasteiger partial charge in [0.1, 0.15) is 12.4 Å². The average Bonchev–Trinajstić information content (AvgIpc) is 2.72. The number of alkyl halides is 1. The molecular formula is C22H26Cl3NO5S. The number of Topliss-reactive ketones (excluding diaryl/α,β-unsaturated/α-hetero) is 1. The molecule has 0 atom stereocenters. The maximum Gasteiger partial charge on any atom is 0.209 e. The van der Waals surface area contributed by atoms with Gasteiger partial charge in [0.05, 0.1) is 29.5 Å². The van der Waals surface area contributed by atoms with E-state index in [1.54, 1.807) is 12.1 Å². The van der Waals surface area contributed by atoms with E-state index in [0.29, 0.717) is 40.5 Å². The summed E-state index contributed by atoms with van der Waals surface area (Å²) >= 11 is 18.5. The van der Waals surface area contributed by atoms with Crippen LogP contribution in [0.3, 0.4) is 0 Å². The van der Waals surface area contributed by atoms with Crippen LogP contribution in [-0.4, -0.2) is 46.1 Å². The Morgan fingerprint density at radius 2 is 1.62 bits per heavy atom. The Labute approximate surface area is 204 Å². The number of carbonyl (C=O) groups is 1. The largest absolute Gasteiger partial charge is 0.490 e. The molecule has 0 radical (unpaired) electrons. The van der Waals surface area contributed by atoms with Crippen LogP contribution in [0.15, 0.2) is 36.4 Å². The zero-order valence-corrected chi connectivity index (χ0v) is 21.2. The molecule has 0 amide bonds. The Hall–Kier alpha value is -1.51. The number of hydrogen-bond donors (Lipinski definition) is 1. The predicted molar refractivity (Wildman–Crippen MR) is 129 cm³/mol. The van der Waals surface area contributed by atoms with Crippen LogP contribution in [0.1, 0.15) is 31.4 Å². The third kappa shape index (κ3) is 7.81. The summed E-state index contributed by atoms with van der Waals surface area (Å²) in [6, 6.07) is 11.0. The standard InChI is InChI=1S/C22H26Cl3NO5S/c1-22(2,16-11-19(24)21(20(25)12-16)30-10-4-9-23)15-5-7-18(8-6-15)31-14-17(27)13-26-32(3,28)29/h5-8,11-12,26H,4,9-10,13-14H2,1-3H3. The molecule has 2 aromatic rings. The number of sulfonamides is 1. The molecule has 0 saturated carbocycles. The zero-order valence-electron chi connectivity index (χ0n) is 18.1. The second-order valence-corrected chi connectivity index (χ2v) is 10.8. The Morgan fingerprint density at radius 1 is 1.03 bits per heavy atom. The van der Waals surface area contributed by atoms with Crippen LogP contribution < -0.4 is 14.2 Å². The van der Waals surface area contributed by atoms with E-state index in [2.05, 4.69) is 4.72 Å². The molecular weight excluding hydrogens is 497 g/mol. The molecule has 0 aliphatic heterocycles. The van der Waals surface area contributed by atoms with Crippen molar-refractivity contribution in [1.29, 1.82) is 0 Å². The number of rotatable bonds is 12. The van der Waals surface area contributed by atoms with Gasteiger partial charge in [0.15, 0.2) is 11.5 Å². The maximum atomic E-state index is 11.8. The van der Waals surface area contributed by atoms with E-state index >= 15 is 0 Å². The van der Waals surface area contributed by atoms with Crippen LogP contribution in [0.5, 0.6) is 11.5 Å². The molecule has 32 heavy (non-hydrogen) atoms. The highest BCUT2D eigenvalue weighted by Gasteiger charge is 2.25. The first-order valence-corrected chi connectivity index (χ1v) is 13.0. The molecule has 0 saturated heterocycles. The van der Waals surface area contributed by atoms with Crippen molar-refractivity contribution in [3.8, 4) is 11.5 Å². The van der Waals surface area contributed by atoms with Crippen molar-refractivity contribution in [2.75, 3.05) is 31.9 Å². The summed E-state index contributed by atoms with van der Waals surface area (Å²) in [6.45, 7) is 3.97. The van der Waals surface area contributed by atoms with E-state index in [1.807, 2.05) is 38.1 Å². The lowest BCUT2D eigenvalue weighted by Gasteiger charge is -2.27. The molecule has 0 bridgehead atoms. The van der Waals surface area contributed by atoms with Gasteiger partial charge in [-0.3, -0.25) is 4.79 Å². The lowest BCUT2D eigenvalue weighted by molar-refractivity contribution is -0.119. The second-order valence-electron chi connectivity index (χ2n) is 7.73. The third-order valence-electron chi connectivity index (χ3n) is 4.75. The molecule has 6 nitrogen and oxygen atoms in total. The molecule has 2 aromatic carbocycles. The van der Waals surface area contributed by atoms with Crippen LogP contribution in [0, 0.1) is 0 Å². The van der Waals surface area contributed by atoms with Gasteiger partial charge >= 0.3 is 0 Å². The third-order valence-corrected chi connectivity index (χ3v) is 6.25.